The Hall–Kier alpha value is -1.35. The van der Waals surface area contributed by atoms with Gasteiger partial charge in [0.2, 0.25) is 5.91 Å². The van der Waals surface area contributed by atoms with Crippen molar-refractivity contribution in [2.45, 2.75) is 46.8 Å². The van der Waals surface area contributed by atoms with E-state index in [1.54, 1.807) is 0 Å². The fourth-order valence-corrected chi connectivity index (χ4v) is 2.53. The van der Waals surface area contributed by atoms with E-state index in [1.165, 1.54) is 16.7 Å². The highest BCUT2D eigenvalue weighted by atomic mass is 16.2. The lowest BCUT2D eigenvalue weighted by Gasteiger charge is -2.17. The number of nitrogens with zero attached hydrogens (tertiary/aromatic N) is 1. The summed E-state index contributed by atoms with van der Waals surface area (Å²) in [5.41, 5.74) is 9.88. The first-order valence-electron chi connectivity index (χ1n) is 7.06. The number of amides is 1. The van der Waals surface area contributed by atoms with Crippen molar-refractivity contribution < 1.29 is 4.79 Å². The Bertz CT molecular complexity index is 480. The van der Waals surface area contributed by atoms with Crippen LogP contribution in [0.4, 0.5) is 0 Å². The van der Waals surface area contributed by atoms with Gasteiger partial charge in [-0.15, -0.1) is 0 Å². The topological polar surface area (TPSA) is 46.3 Å². The normalized spacial score (nSPS) is 16.1. The summed E-state index contributed by atoms with van der Waals surface area (Å²) in [7, 11) is 0. The van der Waals surface area contributed by atoms with Crippen molar-refractivity contribution in [1.29, 1.82) is 0 Å². The number of carbonyl (C=O) groups excluding carboxylic acids is 1. The van der Waals surface area contributed by atoms with E-state index in [2.05, 4.69) is 32.0 Å². The Labute approximate surface area is 115 Å². The number of fused-ring (bicyclic) bond motifs is 1. The van der Waals surface area contributed by atoms with Crippen LogP contribution in [-0.4, -0.2) is 10.8 Å². The zero-order valence-corrected chi connectivity index (χ0v) is 12.3. The molecular weight excluding hydrogens is 236 g/mol. The summed E-state index contributed by atoms with van der Waals surface area (Å²) in [6, 6.07) is 6.47. The lowest BCUT2D eigenvalue weighted by molar-refractivity contribution is -0.135. The number of hydrogen-bond donors (Lipinski definition) is 1. The Balaban J connectivity index is 2.18. The molecule has 2 rings (SSSR count). The molecule has 1 aromatic carbocycles. The van der Waals surface area contributed by atoms with Gasteiger partial charge in [-0.05, 0) is 22.6 Å². The smallest absolute Gasteiger partial charge is 0.225 e. The molecule has 2 N–H and O–H groups in total. The van der Waals surface area contributed by atoms with Crippen LogP contribution in [-0.2, 0) is 17.9 Å². The molecule has 0 saturated carbocycles. The second kappa shape index (κ2) is 5.33. The highest BCUT2D eigenvalue weighted by Crippen LogP contribution is 2.28. The summed E-state index contributed by atoms with van der Waals surface area (Å²) in [6.07, 6.45) is 0. The predicted molar refractivity (Wildman–Crippen MR) is 77.3 cm³/mol. The largest absolute Gasteiger partial charge is 0.334 e. The molecule has 104 valence electrons. The third-order valence-electron chi connectivity index (χ3n) is 3.86. The maximum Gasteiger partial charge on any atom is 0.225 e. The van der Waals surface area contributed by atoms with Gasteiger partial charge in [0.05, 0.1) is 0 Å². The van der Waals surface area contributed by atoms with E-state index in [1.807, 2.05) is 18.7 Å². The Morgan fingerprint density at radius 2 is 1.79 bits per heavy atom. The summed E-state index contributed by atoms with van der Waals surface area (Å²) in [6.45, 7) is 9.63. The van der Waals surface area contributed by atoms with Gasteiger partial charge in [0.15, 0.2) is 0 Å². The first-order valence-corrected chi connectivity index (χ1v) is 7.06. The van der Waals surface area contributed by atoms with Gasteiger partial charge in [-0.3, -0.25) is 4.79 Å². The third-order valence-corrected chi connectivity index (χ3v) is 3.86. The zero-order valence-electron chi connectivity index (χ0n) is 12.3. The molecule has 1 aliphatic rings. The molecule has 0 saturated heterocycles. The van der Waals surface area contributed by atoms with Crippen LogP contribution < -0.4 is 5.73 Å². The molecule has 1 heterocycles. The van der Waals surface area contributed by atoms with Crippen molar-refractivity contribution >= 4 is 5.91 Å². The van der Waals surface area contributed by atoms with Crippen LogP contribution in [0.25, 0.3) is 0 Å². The summed E-state index contributed by atoms with van der Waals surface area (Å²) in [5, 5.41) is 0. The molecule has 0 radical (unpaired) electrons. The lowest BCUT2D eigenvalue weighted by atomic mass is 9.94. The van der Waals surface area contributed by atoms with Crippen LogP contribution >= 0.6 is 0 Å². The Kier molecular flexibility index (Phi) is 3.95. The zero-order chi connectivity index (χ0) is 14.2. The second-order valence-corrected chi connectivity index (χ2v) is 6.15. The average Bonchev–Trinajstić information content (AvgIpc) is 2.78. The van der Waals surface area contributed by atoms with E-state index < -0.39 is 0 Å². The molecule has 19 heavy (non-hydrogen) atoms. The molecule has 0 spiro atoms. The number of rotatable bonds is 3. The Morgan fingerprint density at radius 3 is 2.37 bits per heavy atom. The van der Waals surface area contributed by atoms with E-state index in [-0.39, 0.29) is 17.9 Å². The Morgan fingerprint density at radius 1 is 1.16 bits per heavy atom. The first kappa shape index (κ1) is 14.1. The predicted octanol–water partition coefficient (Wildman–Crippen LogP) is 2.84. The monoisotopic (exact) mass is 260 g/mol. The van der Waals surface area contributed by atoms with Crippen LogP contribution in [0.15, 0.2) is 18.2 Å². The molecule has 1 amide bonds. The molecule has 3 nitrogen and oxygen atoms in total. The van der Waals surface area contributed by atoms with Crippen LogP contribution in [0.2, 0.25) is 0 Å². The van der Waals surface area contributed by atoms with Crippen LogP contribution in [0, 0.1) is 11.8 Å². The number of nitrogens with two attached hydrogens (primary N) is 1. The van der Waals surface area contributed by atoms with Crippen molar-refractivity contribution in [3.63, 3.8) is 0 Å². The summed E-state index contributed by atoms with van der Waals surface area (Å²) >= 11 is 0. The van der Waals surface area contributed by atoms with Crippen molar-refractivity contribution in [3.8, 4) is 0 Å². The number of benzene rings is 1. The average molecular weight is 260 g/mol. The standard InChI is InChI=1S/C16H24N2O/c1-10(2)15(17)12-5-6-13-8-18(9-14(13)7-12)16(19)11(3)4/h5-7,10-11,15H,8-9,17H2,1-4H3. The van der Waals surface area contributed by atoms with E-state index in [0.717, 1.165) is 13.1 Å². The summed E-state index contributed by atoms with van der Waals surface area (Å²) in [4.78, 5) is 14.0. The van der Waals surface area contributed by atoms with E-state index in [9.17, 15) is 4.79 Å². The van der Waals surface area contributed by atoms with Crippen molar-refractivity contribution in [3.05, 3.63) is 34.9 Å². The van der Waals surface area contributed by atoms with E-state index in [4.69, 9.17) is 5.73 Å². The van der Waals surface area contributed by atoms with Crippen LogP contribution in [0.1, 0.15) is 50.4 Å². The molecule has 1 aliphatic heterocycles. The third kappa shape index (κ3) is 2.81. The van der Waals surface area contributed by atoms with Gasteiger partial charge < -0.3 is 10.6 Å². The minimum absolute atomic E-state index is 0.0618. The van der Waals surface area contributed by atoms with Gasteiger partial charge in [0.1, 0.15) is 0 Å². The molecule has 0 fully saturated rings. The second-order valence-electron chi connectivity index (χ2n) is 6.15. The fraction of sp³-hybridized carbons (Fsp3) is 0.562. The van der Waals surface area contributed by atoms with Gasteiger partial charge >= 0.3 is 0 Å². The number of hydrogen-bond acceptors (Lipinski definition) is 2. The maximum absolute atomic E-state index is 12.0. The molecule has 1 aromatic rings. The minimum Gasteiger partial charge on any atom is -0.334 e. The van der Waals surface area contributed by atoms with Crippen LogP contribution in [0.3, 0.4) is 0 Å². The van der Waals surface area contributed by atoms with Crippen molar-refractivity contribution in [2.75, 3.05) is 0 Å². The lowest BCUT2D eigenvalue weighted by Crippen LogP contribution is -2.29. The molecule has 0 aliphatic carbocycles. The fourth-order valence-electron chi connectivity index (χ4n) is 2.53. The van der Waals surface area contributed by atoms with Crippen molar-refractivity contribution in [2.24, 2.45) is 17.6 Å². The first-order chi connectivity index (χ1) is 8.90. The van der Waals surface area contributed by atoms with Crippen LogP contribution in [0.5, 0.6) is 0 Å². The van der Waals surface area contributed by atoms with Gasteiger partial charge in [-0.2, -0.15) is 0 Å². The van der Waals surface area contributed by atoms with Crippen molar-refractivity contribution in [1.82, 2.24) is 4.90 Å². The maximum atomic E-state index is 12.0. The summed E-state index contributed by atoms with van der Waals surface area (Å²) < 4.78 is 0. The summed E-state index contributed by atoms with van der Waals surface area (Å²) in [5.74, 6) is 0.713. The highest BCUT2D eigenvalue weighted by molar-refractivity contribution is 5.78. The molecule has 3 heteroatoms. The molecule has 1 unspecified atom stereocenters. The van der Waals surface area contributed by atoms with Gasteiger partial charge in [-0.1, -0.05) is 45.9 Å². The highest BCUT2D eigenvalue weighted by Gasteiger charge is 2.25. The molecule has 0 bridgehead atoms. The minimum atomic E-state index is 0.0618. The SMILES string of the molecule is CC(C)C(=O)N1Cc2ccc(C(N)C(C)C)cc2C1. The van der Waals surface area contributed by atoms with E-state index >= 15 is 0 Å². The number of carbonyl (C=O) groups is 1. The van der Waals surface area contributed by atoms with Gasteiger partial charge in [0, 0.05) is 25.0 Å². The molecule has 1 atom stereocenters. The van der Waals surface area contributed by atoms with Gasteiger partial charge in [0.25, 0.3) is 0 Å². The van der Waals surface area contributed by atoms with Gasteiger partial charge in [-0.25, -0.2) is 0 Å². The quantitative estimate of drug-likeness (QED) is 0.908. The molecule has 0 aromatic heterocycles. The molecular formula is C16H24N2O. The van der Waals surface area contributed by atoms with E-state index in [0.29, 0.717) is 5.92 Å².